The summed E-state index contributed by atoms with van der Waals surface area (Å²) in [4.78, 5) is 16.5. The van der Waals surface area contributed by atoms with Crippen LogP contribution in [0.4, 0.5) is 10.1 Å². The Morgan fingerprint density at radius 3 is 2.66 bits per heavy atom. The van der Waals surface area contributed by atoms with E-state index in [1.165, 1.54) is 12.1 Å². The lowest BCUT2D eigenvalue weighted by atomic mass is 10.2. The molecule has 0 saturated carbocycles. The first-order valence-corrected chi connectivity index (χ1v) is 9.50. The maximum atomic E-state index is 12.9. The first kappa shape index (κ1) is 20.6. The van der Waals surface area contributed by atoms with E-state index in [0.717, 1.165) is 11.3 Å². The van der Waals surface area contributed by atoms with Crippen LogP contribution in [0.2, 0.25) is 5.02 Å². The molecule has 0 spiro atoms. The highest BCUT2D eigenvalue weighted by Crippen LogP contribution is 2.28. The van der Waals surface area contributed by atoms with Crippen LogP contribution >= 0.6 is 11.6 Å². The van der Waals surface area contributed by atoms with Gasteiger partial charge >= 0.3 is 0 Å². The van der Waals surface area contributed by atoms with Crippen molar-refractivity contribution in [2.75, 3.05) is 5.32 Å². The number of nitrogens with one attached hydrogen (secondary N) is 2. The van der Waals surface area contributed by atoms with Crippen molar-refractivity contribution in [1.29, 1.82) is 0 Å². The van der Waals surface area contributed by atoms with Crippen LogP contribution in [0.25, 0.3) is 0 Å². The van der Waals surface area contributed by atoms with Gasteiger partial charge in [-0.3, -0.25) is 9.78 Å². The van der Waals surface area contributed by atoms with Crippen molar-refractivity contribution in [3.63, 3.8) is 0 Å². The highest BCUT2D eigenvalue weighted by atomic mass is 35.5. The Morgan fingerprint density at radius 1 is 1.17 bits per heavy atom. The molecule has 0 aliphatic heterocycles. The van der Waals surface area contributed by atoms with E-state index < -0.39 is 6.04 Å². The molecule has 0 bridgehead atoms. The Balaban J connectivity index is 1.51. The summed E-state index contributed by atoms with van der Waals surface area (Å²) in [5.74, 6) is 0.0525. The minimum atomic E-state index is -0.480. The molecule has 2 N–H and O–H groups in total. The van der Waals surface area contributed by atoms with Crippen molar-refractivity contribution in [1.82, 2.24) is 10.3 Å². The van der Waals surface area contributed by atoms with Crippen LogP contribution in [-0.2, 0) is 17.9 Å². The molecule has 7 heteroatoms. The smallest absolute Gasteiger partial charge is 0.242 e. The lowest BCUT2D eigenvalue weighted by Gasteiger charge is -2.16. The molecule has 0 saturated heterocycles. The number of hydrogen-bond acceptors (Lipinski definition) is 4. The van der Waals surface area contributed by atoms with Crippen LogP contribution in [0.5, 0.6) is 5.75 Å². The van der Waals surface area contributed by atoms with Crippen LogP contribution in [0, 0.1) is 5.82 Å². The first-order valence-electron chi connectivity index (χ1n) is 9.12. The normalized spacial score (nSPS) is 11.6. The predicted octanol–water partition coefficient (Wildman–Crippen LogP) is 4.57. The van der Waals surface area contributed by atoms with Gasteiger partial charge in [0.05, 0.1) is 10.7 Å². The fourth-order valence-corrected chi connectivity index (χ4v) is 2.84. The van der Waals surface area contributed by atoms with E-state index in [-0.39, 0.29) is 11.7 Å². The fourth-order valence-electron chi connectivity index (χ4n) is 2.60. The van der Waals surface area contributed by atoms with Gasteiger partial charge in [-0.1, -0.05) is 29.8 Å². The minimum Gasteiger partial charge on any atom is -0.486 e. The lowest BCUT2D eigenvalue weighted by molar-refractivity contribution is -0.121. The zero-order chi connectivity index (χ0) is 20.6. The molecule has 1 amide bonds. The number of hydrogen-bond donors (Lipinski definition) is 2. The topological polar surface area (TPSA) is 63.2 Å². The van der Waals surface area contributed by atoms with E-state index in [9.17, 15) is 9.18 Å². The number of ether oxygens (including phenoxy) is 1. The van der Waals surface area contributed by atoms with Crippen LogP contribution in [0.3, 0.4) is 0 Å². The molecule has 3 rings (SSSR count). The van der Waals surface area contributed by atoms with E-state index in [1.54, 1.807) is 43.5 Å². The molecule has 0 aliphatic rings. The van der Waals surface area contributed by atoms with Gasteiger partial charge in [-0.05, 0) is 55.0 Å². The number of carbonyl (C=O) groups excluding carboxylic acids is 1. The number of pyridine rings is 1. The number of aromatic nitrogens is 1. The number of carbonyl (C=O) groups is 1. The zero-order valence-electron chi connectivity index (χ0n) is 15.9. The standard InChI is InChI=1S/C22H21ClFN3O2/c1-15(22(28)26-13-16-5-7-17(24)8-6-16)27-18-9-10-21(20(23)12-18)29-14-19-4-2-3-11-25-19/h2-12,15,27H,13-14H2,1H3,(H,26,28). The maximum Gasteiger partial charge on any atom is 0.242 e. The Morgan fingerprint density at radius 2 is 1.97 bits per heavy atom. The Kier molecular flexibility index (Phi) is 7.03. The van der Waals surface area contributed by atoms with Crippen molar-refractivity contribution in [2.24, 2.45) is 0 Å². The molecule has 29 heavy (non-hydrogen) atoms. The van der Waals surface area contributed by atoms with Gasteiger partial charge in [-0.15, -0.1) is 0 Å². The third kappa shape index (κ3) is 6.19. The van der Waals surface area contributed by atoms with Crippen molar-refractivity contribution in [2.45, 2.75) is 26.1 Å². The highest BCUT2D eigenvalue weighted by Gasteiger charge is 2.13. The van der Waals surface area contributed by atoms with Gasteiger partial charge in [-0.25, -0.2) is 4.39 Å². The summed E-state index contributed by atoms with van der Waals surface area (Å²) in [7, 11) is 0. The van der Waals surface area contributed by atoms with E-state index in [2.05, 4.69) is 15.6 Å². The SMILES string of the molecule is CC(Nc1ccc(OCc2ccccn2)c(Cl)c1)C(=O)NCc1ccc(F)cc1. The summed E-state index contributed by atoms with van der Waals surface area (Å²) < 4.78 is 18.6. The zero-order valence-corrected chi connectivity index (χ0v) is 16.6. The summed E-state index contributed by atoms with van der Waals surface area (Å²) in [6, 6.07) is 16.4. The van der Waals surface area contributed by atoms with Crippen LogP contribution in [0.15, 0.2) is 66.9 Å². The fraction of sp³-hybridized carbons (Fsp3) is 0.182. The van der Waals surface area contributed by atoms with E-state index >= 15 is 0 Å². The summed E-state index contributed by atoms with van der Waals surface area (Å²) in [6.45, 7) is 2.39. The second-order valence-corrected chi connectivity index (χ2v) is 6.87. The molecule has 0 aliphatic carbocycles. The molecule has 1 heterocycles. The first-order chi connectivity index (χ1) is 14.0. The van der Waals surface area contributed by atoms with Crippen LogP contribution in [0.1, 0.15) is 18.2 Å². The van der Waals surface area contributed by atoms with Crippen molar-refractivity contribution < 1.29 is 13.9 Å². The van der Waals surface area contributed by atoms with Gasteiger partial charge < -0.3 is 15.4 Å². The molecule has 0 radical (unpaired) electrons. The Bertz CT molecular complexity index is 952. The molecule has 0 fully saturated rings. The van der Waals surface area contributed by atoms with Crippen LogP contribution < -0.4 is 15.4 Å². The third-order valence-corrected chi connectivity index (χ3v) is 4.49. The average molecular weight is 414 g/mol. The van der Waals surface area contributed by atoms with Gasteiger partial charge in [0.2, 0.25) is 5.91 Å². The number of rotatable bonds is 8. The van der Waals surface area contributed by atoms with Gasteiger partial charge in [-0.2, -0.15) is 0 Å². The van der Waals surface area contributed by atoms with Crippen LogP contribution in [-0.4, -0.2) is 16.9 Å². The summed E-state index contributed by atoms with van der Waals surface area (Å²) in [5.41, 5.74) is 2.33. The highest BCUT2D eigenvalue weighted by molar-refractivity contribution is 6.32. The van der Waals surface area contributed by atoms with Gasteiger partial charge in [0.25, 0.3) is 0 Å². The quantitative estimate of drug-likeness (QED) is 0.567. The average Bonchev–Trinajstić information content (AvgIpc) is 2.73. The molecule has 5 nitrogen and oxygen atoms in total. The largest absolute Gasteiger partial charge is 0.486 e. The number of benzene rings is 2. The second kappa shape index (κ2) is 9.89. The van der Waals surface area contributed by atoms with Gasteiger partial charge in [0.15, 0.2) is 0 Å². The summed E-state index contributed by atoms with van der Waals surface area (Å²) >= 11 is 6.30. The molecule has 150 valence electrons. The molecule has 1 unspecified atom stereocenters. The number of anilines is 1. The Labute approximate surface area is 173 Å². The predicted molar refractivity (Wildman–Crippen MR) is 111 cm³/mol. The number of amides is 1. The number of halogens is 2. The summed E-state index contributed by atoms with van der Waals surface area (Å²) in [5, 5.41) is 6.35. The number of nitrogens with zero attached hydrogens (tertiary/aromatic N) is 1. The van der Waals surface area contributed by atoms with E-state index in [0.29, 0.717) is 29.6 Å². The van der Waals surface area contributed by atoms with Crippen molar-refractivity contribution in [3.05, 3.63) is 89.0 Å². The molecule has 1 atom stereocenters. The van der Waals surface area contributed by atoms with Gasteiger partial charge in [0.1, 0.15) is 24.2 Å². The molecular formula is C22H21ClFN3O2. The molecular weight excluding hydrogens is 393 g/mol. The van der Waals surface area contributed by atoms with Crippen molar-refractivity contribution in [3.8, 4) is 5.75 Å². The maximum absolute atomic E-state index is 12.9. The van der Waals surface area contributed by atoms with E-state index in [1.807, 2.05) is 18.2 Å². The Hall–Kier alpha value is -3.12. The third-order valence-electron chi connectivity index (χ3n) is 4.19. The monoisotopic (exact) mass is 413 g/mol. The molecule has 1 aromatic heterocycles. The second-order valence-electron chi connectivity index (χ2n) is 6.47. The van der Waals surface area contributed by atoms with Crippen molar-refractivity contribution >= 4 is 23.2 Å². The van der Waals surface area contributed by atoms with E-state index in [4.69, 9.17) is 16.3 Å². The molecule has 2 aromatic carbocycles. The summed E-state index contributed by atoms with van der Waals surface area (Å²) in [6.07, 6.45) is 1.70. The van der Waals surface area contributed by atoms with Gasteiger partial charge in [0, 0.05) is 18.4 Å². The minimum absolute atomic E-state index is 0.180. The molecule has 3 aromatic rings. The lowest BCUT2D eigenvalue weighted by Crippen LogP contribution is -2.37.